The van der Waals surface area contributed by atoms with Crippen molar-refractivity contribution in [2.24, 2.45) is 9.98 Å². The van der Waals surface area contributed by atoms with Gasteiger partial charge in [0.1, 0.15) is 33.7 Å². The number of rotatable bonds is 8. The standard InChI is InChI=1S/C27H24ClN5O2S2.C19H17ClN4O2S.C8H7NO3S.C8H9NOS.C8H8OS.C8H8S/c1-14-15(2)36-27-24(14)25(17-4-7-20(28)8-5-17)30-22(26-32-31-16(3)33(26)27)11-23(34)29-21-9-6-18-12-37(35)13-19(18)10-21;1-9-10(2)27-19-16(9)17(12-4-6-13(20)7-5-12)21-14(8-15(25)26)18-23-22-11(3)24(18)19;10-9(11)8-2-1-6-4-13(12)5-7(6)3-8;9-8-2-1-6-4-11(10)5-7(6)3-8;9-10-5-7-3-1-2-4-8(7)6-10;1-2-4-8-6-9-5-7(8)3-1/h4-10,22H,11-13H2,1-3H3,(H,29,34);4-7,14H,8H2,1-3H3,(H,25,26);1-3H,4-5H2;1-3H,4-5,9H2;1-4H,5-6H2;1-4H,5-6H2/t22-,37?;14-;;;;/m00..../s1. The molecule has 550 valence electrons. The lowest BCUT2D eigenvalue weighted by Crippen LogP contribution is -2.17. The lowest BCUT2D eigenvalue weighted by molar-refractivity contribution is -0.384. The molecule has 0 aliphatic carbocycles. The van der Waals surface area contributed by atoms with E-state index in [2.05, 4.69) is 89.8 Å². The number of carboxylic acids is 1. The second-order valence-corrected chi connectivity index (χ2v) is 36.4. The van der Waals surface area contributed by atoms with Crippen molar-refractivity contribution in [1.29, 1.82) is 0 Å². The lowest BCUT2D eigenvalue weighted by atomic mass is 9.99. The van der Waals surface area contributed by atoms with E-state index in [9.17, 15) is 41.6 Å². The molecule has 0 fully saturated rings. The van der Waals surface area contributed by atoms with E-state index in [0.29, 0.717) is 61.9 Å². The third-order valence-electron chi connectivity index (χ3n) is 18.9. The van der Waals surface area contributed by atoms with Gasteiger partial charge in [-0.3, -0.25) is 55.7 Å². The molecule has 20 nitrogen and oxygen atoms in total. The fourth-order valence-corrected chi connectivity index (χ4v) is 22.4. The zero-order chi connectivity index (χ0) is 75.5. The number of aromatic nitrogens is 6. The summed E-state index contributed by atoms with van der Waals surface area (Å²) in [5, 5.41) is 43.4. The van der Waals surface area contributed by atoms with Crippen LogP contribution in [0.2, 0.25) is 10.0 Å². The molecule has 4 N–H and O–H groups in total. The molecular formula is C78H73Cl2N11O9S7. The third kappa shape index (κ3) is 17.5. The summed E-state index contributed by atoms with van der Waals surface area (Å²) in [4.78, 5) is 47.1. The number of nitrogen functional groups attached to an aromatic ring is 1. The largest absolute Gasteiger partial charge is 0.481 e. The Labute approximate surface area is 650 Å². The van der Waals surface area contributed by atoms with Crippen LogP contribution in [0.4, 0.5) is 17.1 Å². The molecule has 4 aromatic heterocycles. The monoisotopic (exact) mass is 1600 g/mol. The number of aliphatic imine (C=N–C) groups is 2. The number of non-ortho nitro benzene ring substituents is 1. The van der Waals surface area contributed by atoms with Gasteiger partial charge in [0, 0.05) is 166 Å². The molecule has 107 heavy (non-hydrogen) atoms. The summed E-state index contributed by atoms with van der Waals surface area (Å²) < 4.78 is 49.1. The van der Waals surface area contributed by atoms with Crippen molar-refractivity contribution in [3.8, 4) is 10.0 Å². The van der Waals surface area contributed by atoms with Crippen LogP contribution in [0.3, 0.4) is 0 Å². The molecule has 29 heteroatoms. The molecule has 0 radical (unpaired) electrons. The van der Waals surface area contributed by atoms with Crippen LogP contribution in [-0.4, -0.2) is 79.7 Å². The van der Waals surface area contributed by atoms with Gasteiger partial charge in [0.15, 0.2) is 11.6 Å². The number of amides is 1. The maximum absolute atomic E-state index is 13.3. The Morgan fingerprint density at radius 3 is 1.36 bits per heavy atom. The number of anilines is 2. The van der Waals surface area contributed by atoms with Crippen LogP contribution in [0, 0.1) is 51.7 Å². The van der Waals surface area contributed by atoms with Crippen LogP contribution in [0.25, 0.3) is 10.0 Å². The molecule has 7 aromatic carbocycles. The van der Waals surface area contributed by atoms with Crippen molar-refractivity contribution >= 4 is 141 Å². The number of carboxylic acid groups (broad SMARTS) is 1. The zero-order valence-electron chi connectivity index (χ0n) is 59.0. The summed E-state index contributed by atoms with van der Waals surface area (Å²) in [6, 6.07) is 46.9. The van der Waals surface area contributed by atoms with E-state index in [4.69, 9.17) is 38.9 Å². The van der Waals surface area contributed by atoms with Gasteiger partial charge >= 0.3 is 5.97 Å². The number of hydrogen-bond donors (Lipinski definition) is 3. The van der Waals surface area contributed by atoms with Crippen LogP contribution in [0.15, 0.2) is 162 Å². The number of nitrogens with two attached hydrogens (primary N) is 1. The van der Waals surface area contributed by atoms with Gasteiger partial charge in [-0.2, -0.15) is 11.8 Å². The molecule has 18 rings (SSSR count). The van der Waals surface area contributed by atoms with Crippen LogP contribution in [0.1, 0.15) is 147 Å². The van der Waals surface area contributed by atoms with Crippen molar-refractivity contribution in [2.75, 3.05) is 11.1 Å². The fraction of sp³-hybridized carbons (Fsp3) is 0.256. The SMILES string of the molecule is Cc1sc2c(c1C)C(c1ccc(Cl)cc1)=N[C@@H](CC(=O)Nc1ccc3c(c1)CS(=O)C3)c1nnc(C)n1-2.Cc1sc2c(c1C)C(c1ccc(Cl)cc1)=N[C@@H](CC(=O)O)c1nnc(C)n1-2.Nc1ccc2c(c1)CS(=O)C2.O=S1Cc2ccccc2C1.O=[N+]([O-])c1ccc2c(c1)CS(=O)C2.c1ccc2c(c1)CSC2. The summed E-state index contributed by atoms with van der Waals surface area (Å²) in [7, 11) is -3.04. The minimum Gasteiger partial charge on any atom is -0.481 e. The second kappa shape index (κ2) is 33.4. The Morgan fingerprint density at radius 1 is 0.523 bits per heavy atom. The van der Waals surface area contributed by atoms with Gasteiger partial charge in [-0.15, -0.1) is 43.1 Å². The first-order chi connectivity index (χ1) is 51.4. The van der Waals surface area contributed by atoms with Crippen molar-refractivity contribution < 1.29 is 36.5 Å². The topological polar surface area (TPSA) is 290 Å². The molecule has 0 spiro atoms. The number of thiophene rings is 2. The average Bonchev–Trinajstić information content (AvgIpc) is 1.59. The van der Waals surface area contributed by atoms with Gasteiger partial charge in [0.05, 0.1) is 29.2 Å². The number of nitrogens with zero attached hydrogens (tertiary/aromatic N) is 9. The van der Waals surface area contributed by atoms with Crippen molar-refractivity contribution in [2.45, 2.75) is 124 Å². The number of nitro benzene ring substituents is 1. The Bertz CT molecular complexity index is 5430. The van der Waals surface area contributed by atoms with E-state index in [1.807, 2.05) is 132 Å². The van der Waals surface area contributed by atoms with Crippen LogP contribution in [0.5, 0.6) is 0 Å². The van der Waals surface area contributed by atoms with Gasteiger partial charge in [-0.1, -0.05) is 114 Å². The Hall–Kier alpha value is -8.77. The fourth-order valence-electron chi connectivity index (χ4n) is 13.3. The van der Waals surface area contributed by atoms with Gasteiger partial charge in [0.2, 0.25) is 5.91 Å². The van der Waals surface area contributed by atoms with Crippen LogP contribution < -0.4 is 11.1 Å². The minimum absolute atomic E-state index is 0.0812. The average molecular weight is 1600 g/mol. The second-order valence-electron chi connectivity index (χ2n) is 26.3. The van der Waals surface area contributed by atoms with Gasteiger partial charge < -0.3 is 16.2 Å². The highest BCUT2D eigenvalue weighted by atomic mass is 35.5. The van der Waals surface area contributed by atoms with Crippen LogP contribution in [-0.2, 0) is 110 Å². The number of carbonyl (C=O) groups is 2. The van der Waals surface area contributed by atoms with E-state index in [1.54, 1.807) is 28.7 Å². The van der Waals surface area contributed by atoms with Gasteiger partial charge in [-0.05, 0) is 157 Å². The number of benzene rings is 7. The molecule has 11 aromatic rings. The number of nitro groups is 1. The number of nitrogens with one attached hydrogen (secondary N) is 1. The first-order valence-corrected chi connectivity index (χ1v) is 43.5. The number of thioether (sulfide) groups is 1. The third-order valence-corrected chi connectivity index (χ3v) is 27.8. The van der Waals surface area contributed by atoms with E-state index < -0.39 is 66.2 Å². The van der Waals surface area contributed by atoms with Gasteiger partial charge in [-0.25, -0.2) is 0 Å². The summed E-state index contributed by atoms with van der Waals surface area (Å²) in [5.74, 6) is 9.01. The molecule has 3 unspecified atom stereocenters. The van der Waals surface area contributed by atoms with Crippen molar-refractivity contribution in [3.63, 3.8) is 0 Å². The smallest absolute Gasteiger partial charge is 0.306 e. The van der Waals surface area contributed by atoms with E-state index in [-0.39, 0.29) is 24.4 Å². The first-order valence-electron chi connectivity index (χ1n) is 34.0. The molecule has 0 saturated carbocycles. The highest BCUT2D eigenvalue weighted by Gasteiger charge is 2.35. The predicted octanol–water partition coefficient (Wildman–Crippen LogP) is 16.1. The maximum Gasteiger partial charge on any atom is 0.306 e. The van der Waals surface area contributed by atoms with Gasteiger partial charge in [0.25, 0.3) is 5.69 Å². The molecular weight excluding hydrogens is 1530 g/mol. The number of hydrogen-bond acceptors (Lipinski definition) is 18. The summed E-state index contributed by atoms with van der Waals surface area (Å²) in [6.45, 7) is 12.1. The normalized spacial score (nSPS) is 17.7. The van der Waals surface area contributed by atoms with E-state index >= 15 is 0 Å². The molecule has 5 atom stereocenters. The molecule has 11 heterocycles. The van der Waals surface area contributed by atoms with Crippen molar-refractivity contribution in [3.05, 3.63) is 294 Å². The molecule has 7 aliphatic rings. The zero-order valence-corrected chi connectivity index (χ0v) is 66.2. The lowest BCUT2D eigenvalue weighted by Gasteiger charge is -2.13. The molecule has 7 aliphatic heterocycles. The number of aliphatic carboxylic acids is 1. The maximum atomic E-state index is 13.3. The first kappa shape index (κ1) is 76.4. The number of carbonyl (C=O) groups excluding carboxylic acids is 1. The molecule has 1 amide bonds. The Balaban J connectivity index is 0.000000124. The predicted molar refractivity (Wildman–Crippen MR) is 433 cm³/mol. The quantitative estimate of drug-likeness (QED) is 0.0724. The molecule has 0 bridgehead atoms. The van der Waals surface area contributed by atoms with Crippen molar-refractivity contribution in [1.82, 2.24) is 29.5 Å². The number of aryl methyl sites for hydroxylation is 4. The summed E-state index contributed by atoms with van der Waals surface area (Å²) >= 11 is 17.6. The molecule has 0 saturated heterocycles. The Kier molecular flexibility index (Phi) is 23.8. The highest BCUT2D eigenvalue weighted by molar-refractivity contribution is 7.98. The van der Waals surface area contributed by atoms with E-state index in [0.717, 1.165) is 111 Å². The minimum atomic E-state index is -0.926. The Morgan fingerprint density at radius 2 is 0.916 bits per heavy atom. The van der Waals surface area contributed by atoms with Crippen LogP contribution >= 0.6 is 57.6 Å². The van der Waals surface area contributed by atoms with E-state index in [1.165, 1.54) is 61.2 Å². The summed E-state index contributed by atoms with van der Waals surface area (Å²) in [6.07, 6.45) is -0.0482. The summed E-state index contributed by atoms with van der Waals surface area (Å²) in [5.41, 5.74) is 26.7. The number of fused-ring (bicyclic) bond motifs is 11. The highest BCUT2D eigenvalue weighted by Crippen LogP contribution is 2.43. The number of halogens is 2.